The molecule has 1 heterocycles. The molecule has 3 rings (SSSR count). The highest BCUT2D eigenvalue weighted by atomic mass is 16.6. The molecule has 1 aromatic heterocycles. The Hall–Kier alpha value is -3.29. The molecule has 0 aliphatic carbocycles. The molecular weight excluding hydrogens is 286 g/mol. The number of para-hydroxylation sites is 1. The standard InChI is InChI=1S/C14H11N5O3/c20-19(21)12-8-6-11(7-9-12)10-18-14(15-16-17-18)22-13-4-2-1-3-5-13/h1-9H,10H2. The highest BCUT2D eigenvalue weighted by molar-refractivity contribution is 5.33. The molecule has 2 aromatic carbocycles. The summed E-state index contributed by atoms with van der Waals surface area (Å²) in [6.45, 7) is 0.354. The molecule has 0 atom stereocenters. The van der Waals surface area contributed by atoms with Crippen molar-refractivity contribution in [3.63, 3.8) is 0 Å². The maximum absolute atomic E-state index is 10.6. The van der Waals surface area contributed by atoms with Crippen molar-refractivity contribution in [2.75, 3.05) is 0 Å². The molecule has 0 aliphatic heterocycles. The number of ether oxygens (including phenoxy) is 1. The lowest BCUT2D eigenvalue weighted by Gasteiger charge is -2.06. The Morgan fingerprint density at radius 3 is 2.50 bits per heavy atom. The second kappa shape index (κ2) is 6.00. The normalized spacial score (nSPS) is 10.4. The maximum atomic E-state index is 10.6. The highest BCUT2D eigenvalue weighted by Crippen LogP contribution is 2.19. The van der Waals surface area contributed by atoms with Crippen LogP contribution < -0.4 is 4.74 Å². The van der Waals surface area contributed by atoms with Crippen LogP contribution in [0.15, 0.2) is 54.6 Å². The number of aromatic nitrogens is 4. The monoisotopic (exact) mass is 297 g/mol. The first-order valence-corrected chi connectivity index (χ1v) is 6.45. The van der Waals surface area contributed by atoms with E-state index in [1.54, 1.807) is 24.3 Å². The van der Waals surface area contributed by atoms with E-state index in [2.05, 4.69) is 15.5 Å². The van der Waals surface area contributed by atoms with Crippen LogP contribution in [0.4, 0.5) is 5.69 Å². The number of nitro benzene ring substituents is 1. The third kappa shape index (κ3) is 3.06. The molecule has 0 saturated carbocycles. The summed E-state index contributed by atoms with van der Waals surface area (Å²) >= 11 is 0. The smallest absolute Gasteiger partial charge is 0.341 e. The molecule has 8 heteroatoms. The lowest BCUT2D eigenvalue weighted by molar-refractivity contribution is -0.384. The predicted molar refractivity (Wildman–Crippen MR) is 76.5 cm³/mol. The van der Waals surface area contributed by atoms with Crippen molar-refractivity contribution < 1.29 is 9.66 Å². The SMILES string of the molecule is O=[N+]([O-])c1ccc(Cn2nnnc2Oc2ccccc2)cc1. The van der Waals surface area contributed by atoms with Crippen LogP contribution in [0.3, 0.4) is 0 Å². The molecule has 0 aliphatic rings. The second-order valence-corrected chi connectivity index (χ2v) is 4.46. The quantitative estimate of drug-likeness (QED) is 0.530. The van der Waals surface area contributed by atoms with Crippen molar-refractivity contribution in [3.05, 3.63) is 70.3 Å². The van der Waals surface area contributed by atoms with Gasteiger partial charge in [-0.3, -0.25) is 10.1 Å². The average molecular weight is 297 g/mol. The largest absolute Gasteiger partial charge is 0.423 e. The van der Waals surface area contributed by atoms with Gasteiger partial charge in [0.15, 0.2) is 0 Å². The topological polar surface area (TPSA) is 96.0 Å². The van der Waals surface area contributed by atoms with E-state index in [-0.39, 0.29) is 11.7 Å². The molecule has 3 aromatic rings. The third-order valence-electron chi connectivity index (χ3n) is 2.93. The summed E-state index contributed by atoms with van der Waals surface area (Å²) in [6, 6.07) is 15.6. The van der Waals surface area contributed by atoms with Crippen LogP contribution >= 0.6 is 0 Å². The first-order valence-electron chi connectivity index (χ1n) is 6.45. The fraction of sp³-hybridized carbons (Fsp3) is 0.0714. The molecule has 0 amide bonds. The van der Waals surface area contributed by atoms with Crippen molar-refractivity contribution in [2.24, 2.45) is 0 Å². The van der Waals surface area contributed by atoms with Gasteiger partial charge in [0.25, 0.3) is 5.69 Å². The van der Waals surface area contributed by atoms with E-state index >= 15 is 0 Å². The Bertz CT molecular complexity index is 771. The zero-order valence-corrected chi connectivity index (χ0v) is 11.4. The number of non-ortho nitro benzene ring substituents is 1. The Labute approximate surface area is 125 Å². The van der Waals surface area contributed by atoms with Gasteiger partial charge in [0.1, 0.15) is 5.75 Å². The van der Waals surface area contributed by atoms with Crippen LogP contribution in [0, 0.1) is 10.1 Å². The number of nitro groups is 1. The van der Waals surface area contributed by atoms with E-state index in [0.717, 1.165) is 5.56 Å². The molecule has 0 bridgehead atoms. The number of hydrogen-bond acceptors (Lipinski definition) is 6. The van der Waals surface area contributed by atoms with Crippen LogP contribution in [0.5, 0.6) is 11.8 Å². The minimum atomic E-state index is -0.440. The molecule has 0 fully saturated rings. The van der Waals surface area contributed by atoms with Crippen molar-refractivity contribution in [1.29, 1.82) is 0 Å². The van der Waals surface area contributed by atoms with Crippen LogP contribution in [-0.2, 0) is 6.54 Å². The van der Waals surface area contributed by atoms with Crippen molar-refractivity contribution >= 4 is 5.69 Å². The van der Waals surface area contributed by atoms with E-state index < -0.39 is 4.92 Å². The van der Waals surface area contributed by atoms with Crippen molar-refractivity contribution in [1.82, 2.24) is 20.2 Å². The molecule has 0 N–H and O–H groups in total. The van der Waals surface area contributed by atoms with E-state index in [4.69, 9.17) is 4.74 Å². The number of nitrogens with zero attached hydrogens (tertiary/aromatic N) is 5. The van der Waals surface area contributed by atoms with Crippen LogP contribution in [0.2, 0.25) is 0 Å². The van der Waals surface area contributed by atoms with Gasteiger partial charge in [0.2, 0.25) is 0 Å². The summed E-state index contributed by atoms with van der Waals surface area (Å²) in [6.07, 6.45) is 0. The molecule has 0 spiro atoms. The molecule has 8 nitrogen and oxygen atoms in total. The minimum Gasteiger partial charge on any atom is -0.423 e. The van der Waals surface area contributed by atoms with E-state index in [1.807, 2.05) is 18.2 Å². The minimum absolute atomic E-state index is 0.0428. The Balaban J connectivity index is 1.76. The second-order valence-electron chi connectivity index (χ2n) is 4.46. The fourth-order valence-electron chi connectivity index (χ4n) is 1.86. The van der Waals surface area contributed by atoms with E-state index in [9.17, 15) is 10.1 Å². The number of hydrogen-bond donors (Lipinski definition) is 0. The lowest BCUT2D eigenvalue weighted by Crippen LogP contribution is -2.04. The Kier molecular flexibility index (Phi) is 3.73. The van der Waals surface area contributed by atoms with Crippen molar-refractivity contribution in [3.8, 4) is 11.8 Å². The van der Waals surface area contributed by atoms with Crippen LogP contribution in [0.25, 0.3) is 0 Å². The Morgan fingerprint density at radius 1 is 1.09 bits per heavy atom. The van der Waals surface area contributed by atoms with Crippen LogP contribution in [-0.4, -0.2) is 25.1 Å². The molecule has 0 unspecified atom stereocenters. The van der Waals surface area contributed by atoms with Gasteiger partial charge in [0.05, 0.1) is 11.5 Å². The van der Waals surface area contributed by atoms with Gasteiger partial charge >= 0.3 is 6.01 Å². The van der Waals surface area contributed by atoms with Gasteiger partial charge < -0.3 is 4.74 Å². The molecule has 0 saturated heterocycles. The Morgan fingerprint density at radius 2 is 1.82 bits per heavy atom. The summed E-state index contributed by atoms with van der Waals surface area (Å²) in [7, 11) is 0. The summed E-state index contributed by atoms with van der Waals surface area (Å²) in [5.74, 6) is 0.627. The van der Waals surface area contributed by atoms with Crippen LogP contribution in [0.1, 0.15) is 5.56 Å². The van der Waals surface area contributed by atoms with Gasteiger partial charge in [-0.2, -0.15) is 4.68 Å². The molecular formula is C14H11N5O3. The summed E-state index contributed by atoms with van der Waals surface area (Å²) in [4.78, 5) is 10.2. The summed E-state index contributed by atoms with van der Waals surface area (Å²) < 4.78 is 7.08. The van der Waals surface area contributed by atoms with Crippen molar-refractivity contribution in [2.45, 2.75) is 6.54 Å². The third-order valence-corrected chi connectivity index (χ3v) is 2.93. The maximum Gasteiger partial charge on any atom is 0.341 e. The van der Waals surface area contributed by atoms with Gasteiger partial charge in [0, 0.05) is 12.1 Å². The fourth-order valence-corrected chi connectivity index (χ4v) is 1.86. The van der Waals surface area contributed by atoms with E-state index in [1.165, 1.54) is 16.8 Å². The summed E-state index contributed by atoms with van der Waals surface area (Å²) in [5, 5.41) is 21.9. The zero-order chi connectivity index (χ0) is 15.4. The molecule has 110 valence electrons. The van der Waals surface area contributed by atoms with E-state index in [0.29, 0.717) is 12.3 Å². The van der Waals surface area contributed by atoms with Gasteiger partial charge in [-0.1, -0.05) is 35.4 Å². The van der Waals surface area contributed by atoms with Gasteiger partial charge in [-0.15, -0.1) is 0 Å². The number of benzene rings is 2. The summed E-state index contributed by atoms with van der Waals surface area (Å²) in [5.41, 5.74) is 0.872. The number of rotatable bonds is 5. The molecule has 22 heavy (non-hydrogen) atoms. The number of tetrazole rings is 1. The van der Waals surface area contributed by atoms with Gasteiger partial charge in [-0.25, -0.2) is 0 Å². The zero-order valence-electron chi connectivity index (χ0n) is 11.4. The predicted octanol–water partition coefficient (Wildman–Crippen LogP) is 2.42. The molecule has 0 radical (unpaired) electrons. The highest BCUT2D eigenvalue weighted by Gasteiger charge is 2.10. The first-order chi connectivity index (χ1) is 10.7. The first kappa shape index (κ1) is 13.7. The van der Waals surface area contributed by atoms with Gasteiger partial charge in [-0.05, 0) is 28.1 Å². The lowest BCUT2D eigenvalue weighted by atomic mass is 10.2. The average Bonchev–Trinajstić information content (AvgIpc) is 2.96.